The number of benzene rings is 2. The lowest BCUT2D eigenvalue weighted by Crippen LogP contribution is -2.47. The molecule has 32 heavy (non-hydrogen) atoms. The molecular formula is C23H31FIN5OS. The van der Waals surface area contributed by atoms with Crippen LogP contribution in [0.25, 0.3) is 0 Å². The van der Waals surface area contributed by atoms with Crippen LogP contribution in [-0.2, 0) is 11.3 Å². The molecule has 1 heterocycles. The molecule has 2 aromatic carbocycles. The number of aliphatic imine (C=N–C) groups is 1. The molecule has 1 fully saturated rings. The number of hydrogen-bond donors (Lipinski definition) is 3. The van der Waals surface area contributed by atoms with Gasteiger partial charge in [0.2, 0.25) is 5.91 Å². The van der Waals surface area contributed by atoms with Crippen LogP contribution in [0.15, 0.2) is 58.4 Å². The number of piperazine rings is 1. The SMILES string of the molecule is CCNC(=NCc1ccc(N2CCNC(=O)C2)cc1)NCCCSc1ccc(F)cc1.I. The maximum atomic E-state index is 12.9. The predicted molar refractivity (Wildman–Crippen MR) is 142 cm³/mol. The second kappa shape index (κ2) is 14.2. The molecule has 1 aliphatic rings. The monoisotopic (exact) mass is 571 g/mol. The van der Waals surface area contributed by atoms with Crippen molar-refractivity contribution >= 4 is 53.3 Å². The van der Waals surface area contributed by atoms with Gasteiger partial charge < -0.3 is 20.9 Å². The van der Waals surface area contributed by atoms with Gasteiger partial charge in [0.15, 0.2) is 5.96 Å². The first kappa shape index (κ1) is 26.2. The van der Waals surface area contributed by atoms with Crippen molar-refractivity contribution in [3.8, 4) is 0 Å². The van der Waals surface area contributed by atoms with E-state index in [9.17, 15) is 9.18 Å². The summed E-state index contributed by atoms with van der Waals surface area (Å²) in [6.07, 6.45) is 0.977. The van der Waals surface area contributed by atoms with E-state index >= 15 is 0 Å². The lowest BCUT2D eigenvalue weighted by atomic mass is 10.2. The molecule has 3 N–H and O–H groups in total. The number of carbonyl (C=O) groups is 1. The summed E-state index contributed by atoms with van der Waals surface area (Å²) >= 11 is 1.72. The van der Waals surface area contributed by atoms with Gasteiger partial charge in [0.25, 0.3) is 0 Å². The Morgan fingerprint density at radius 2 is 1.91 bits per heavy atom. The van der Waals surface area contributed by atoms with Gasteiger partial charge in [-0.05, 0) is 61.1 Å². The highest BCUT2D eigenvalue weighted by molar-refractivity contribution is 14.0. The summed E-state index contributed by atoms with van der Waals surface area (Å²) in [5, 5.41) is 9.49. The fourth-order valence-electron chi connectivity index (χ4n) is 3.18. The van der Waals surface area contributed by atoms with Crippen molar-refractivity contribution < 1.29 is 9.18 Å². The molecule has 0 aromatic heterocycles. The molecule has 0 spiro atoms. The number of amides is 1. The summed E-state index contributed by atoms with van der Waals surface area (Å²) in [6.45, 7) is 6.17. The van der Waals surface area contributed by atoms with Crippen LogP contribution in [0.3, 0.4) is 0 Å². The number of rotatable bonds is 9. The van der Waals surface area contributed by atoms with E-state index in [2.05, 4.69) is 50.1 Å². The molecule has 0 bridgehead atoms. The van der Waals surface area contributed by atoms with E-state index < -0.39 is 0 Å². The molecule has 0 radical (unpaired) electrons. The second-order valence-corrected chi connectivity index (χ2v) is 8.38. The Bertz CT molecular complexity index is 864. The maximum Gasteiger partial charge on any atom is 0.239 e. The van der Waals surface area contributed by atoms with Crippen LogP contribution < -0.4 is 20.9 Å². The molecule has 0 aliphatic carbocycles. The zero-order valence-electron chi connectivity index (χ0n) is 18.3. The summed E-state index contributed by atoms with van der Waals surface area (Å²) in [6, 6.07) is 14.8. The molecule has 3 rings (SSSR count). The highest BCUT2D eigenvalue weighted by Gasteiger charge is 2.16. The van der Waals surface area contributed by atoms with Crippen molar-refractivity contribution in [2.75, 3.05) is 43.4 Å². The third kappa shape index (κ3) is 8.85. The summed E-state index contributed by atoms with van der Waals surface area (Å²) in [4.78, 5) is 19.4. The number of anilines is 1. The third-order valence-electron chi connectivity index (χ3n) is 4.80. The second-order valence-electron chi connectivity index (χ2n) is 7.22. The average molecular weight is 572 g/mol. The van der Waals surface area contributed by atoms with Crippen LogP contribution in [0.5, 0.6) is 0 Å². The minimum atomic E-state index is -0.203. The van der Waals surface area contributed by atoms with E-state index in [-0.39, 0.29) is 35.7 Å². The quantitative estimate of drug-likeness (QED) is 0.141. The highest BCUT2D eigenvalue weighted by atomic mass is 127. The third-order valence-corrected chi connectivity index (χ3v) is 5.90. The van der Waals surface area contributed by atoms with Gasteiger partial charge in [-0.3, -0.25) is 4.79 Å². The minimum Gasteiger partial charge on any atom is -0.360 e. The number of nitrogens with zero attached hydrogens (tertiary/aromatic N) is 2. The largest absolute Gasteiger partial charge is 0.360 e. The van der Waals surface area contributed by atoms with Crippen LogP contribution in [0, 0.1) is 5.82 Å². The zero-order valence-corrected chi connectivity index (χ0v) is 21.4. The molecule has 1 amide bonds. The van der Waals surface area contributed by atoms with Crippen LogP contribution in [0.4, 0.5) is 10.1 Å². The summed E-state index contributed by atoms with van der Waals surface area (Å²) in [5.74, 6) is 1.61. The Balaban J connectivity index is 0.00000363. The van der Waals surface area contributed by atoms with Gasteiger partial charge in [-0.2, -0.15) is 0 Å². The predicted octanol–water partition coefficient (Wildman–Crippen LogP) is 3.62. The average Bonchev–Trinajstić information content (AvgIpc) is 2.79. The minimum absolute atomic E-state index is 0. The number of halogens is 2. The van der Waals surface area contributed by atoms with Crippen molar-refractivity contribution in [3.63, 3.8) is 0 Å². The number of guanidine groups is 1. The fraction of sp³-hybridized carbons (Fsp3) is 0.391. The van der Waals surface area contributed by atoms with Gasteiger partial charge in [0.05, 0.1) is 13.1 Å². The molecule has 174 valence electrons. The summed E-state index contributed by atoms with van der Waals surface area (Å²) in [7, 11) is 0. The van der Waals surface area contributed by atoms with Gasteiger partial charge in [-0.25, -0.2) is 9.38 Å². The molecule has 0 atom stereocenters. The van der Waals surface area contributed by atoms with E-state index in [0.29, 0.717) is 19.6 Å². The summed E-state index contributed by atoms with van der Waals surface area (Å²) in [5.41, 5.74) is 2.18. The van der Waals surface area contributed by atoms with Crippen LogP contribution in [0.2, 0.25) is 0 Å². The van der Waals surface area contributed by atoms with Crippen molar-refractivity contribution in [1.82, 2.24) is 16.0 Å². The molecular weight excluding hydrogens is 540 g/mol. The smallest absolute Gasteiger partial charge is 0.239 e. The maximum absolute atomic E-state index is 12.9. The summed E-state index contributed by atoms with van der Waals surface area (Å²) < 4.78 is 12.9. The molecule has 1 saturated heterocycles. The van der Waals surface area contributed by atoms with Gasteiger partial charge in [0.1, 0.15) is 5.82 Å². The van der Waals surface area contributed by atoms with Crippen LogP contribution in [-0.4, -0.2) is 50.3 Å². The van der Waals surface area contributed by atoms with Gasteiger partial charge in [0, 0.05) is 36.8 Å². The van der Waals surface area contributed by atoms with Gasteiger partial charge in [-0.15, -0.1) is 35.7 Å². The molecule has 1 aliphatic heterocycles. The van der Waals surface area contributed by atoms with Crippen molar-refractivity contribution in [1.29, 1.82) is 0 Å². The van der Waals surface area contributed by atoms with Crippen molar-refractivity contribution in [2.45, 2.75) is 24.8 Å². The standard InChI is InChI=1S/C23H30FN5OS.HI/c1-2-25-23(27-12-3-15-31-21-10-6-19(24)7-11-21)28-16-18-4-8-20(9-5-18)29-14-13-26-22(30)17-29;/h4-11H,2-3,12-17H2,1H3,(H,26,30)(H2,25,27,28);1H. The Morgan fingerprint density at radius 1 is 1.16 bits per heavy atom. The van der Waals surface area contributed by atoms with E-state index in [1.807, 2.05) is 19.1 Å². The van der Waals surface area contributed by atoms with Gasteiger partial charge in [-0.1, -0.05) is 12.1 Å². The highest BCUT2D eigenvalue weighted by Crippen LogP contribution is 2.19. The molecule has 0 saturated carbocycles. The number of carbonyl (C=O) groups excluding carboxylic acids is 1. The zero-order chi connectivity index (χ0) is 21.9. The Labute approximate surface area is 210 Å². The molecule has 6 nitrogen and oxygen atoms in total. The Hall–Kier alpha value is -2.01. The molecule has 2 aromatic rings. The number of nitrogens with one attached hydrogen (secondary N) is 3. The number of hydrogen-bond acceptors (Lipinski definition) is 4. The first-order valence-electron chi connectivity index (χ1n) is 10.6. The van der Waals surface area contributed by atoms with Crippen LogP contribution in [0.1, 0.15) is 18.9 Å². The van der Waals surface area contributed by atoms with E-state index in [1.54, 1.807) is 11.8 Å². The Kier molecular flexibility index (Phi) is 11.6. The van der Waals surface area contributed by atoms with Crippen LogP contribution >= 0.6 is 35.7 Å². The lowest BCUT2D eigenvalue weighted by molar-refractivity contribution is -0.120. The van der Waals surface area contributed by atoms with Gasteiger partial charge >= 0.3 is 0 Å². The molecule has 0 unspecified atom stereocenters. The first-order chi connectivity index (χ1) is 15.1. The fourth-order valence-corrected chi connectivity index (χ4v) is 4.04. The molecule has 9 heteroatoms. The number of thioether (sulfide) groups is 1. The van der Waals surface area contributed by atoms with E-state index in [1.165, 1.54) is 12.1 Å². The van der Waals surface area contributed by atoms with E-state index in [4.69, 9.17) is 0 Å². The lowest BCUT2D eigenvalue weighted by Gasteiger charge is -2.28. The Morgan fingerprint density at radius 3 is 2.59 bits per heavy atom. The van der Waals surface area contributed by atoms with E-state index in [0.717, 1.165) is 53.9 Å². The van der Waals surface area contributed by atoms with Crippen molar-refractivity contribution in [3.05, 3.63) is 59.9 Å². The first-order valence-corrected chi connectivity index (χ1v) is 11.6. The topological polar surface area (TPSA) is 68.8 Å². The van der Waals surface area contributed by atoms with Crippen molar-refractivity contribution in [2.24, 2.45) is 4.99 Å². The normalized spacial score (nSPS) is 13.9.